The summed E-state index contributed by atoms with van der Waals surface area (Å²) in [6.45, 7) is 6.59. The topological polar surface area (TPSA) is 12.0 Å². The number of benzene rings is 2. The molecule has 0 amide bonds. The lowest BCUT2D eigenvalue weighted by Gasteiger charge is -2.21. The third kappa shape index (κ3) is 3.29. The van der Waals surface area contributed by atoms with Gasteiger partial charge < -0.3 is 5.32 Å². The highest BCUT2D eigenvalue weighted by molar-refractivity contribution is 5.35. The van der Waals surface area contributed by atoms with Crippen molar-refractivity contribution < 1.29 is 0 Å². The van der Waals surface area contributed by atoms with Gasteiger partial charge in [0, 0.05) is 6.04 Å². The van der Waals surface area contributed by atoms with Crippen LogP contribution in [0.5, 0.6) is 0 Å². The van der Waals surface area contributed by atoms with Crippen LogP contribution < -0.4 is 5.32 Å². The zero-order chi connectivity index (χ0) is 14.5. The summed E-state index contributed by atoms with van der Waals surface area (Å²) >= 11 is 0. The molecule has 0 fully saturated rings. The molecule has 0 aromatic heterocycles. The fourth-order valence-electron chi connectivity index (χ4n) is 2.80. The lowest BCUT2D eigenvalue weighted by Crippen LogP contribution is -2.20. The lowest BCUT2D eigenvalue weighted by atomic mass is 9.91. The summed E-state index contributed by atoms with van der Waals surface area (Å²) < 4.78 is 0. The maximum atomic E-state index is 3.49. The molecule has 20 heavy (non-hydrogen) atoms. The van der Waals surface area contributed by atoms with Crippen LogP contribution in [0.3, 0.4) is 0 Å². The molecule has 0 spiro atoms. The van der Waals surface area contributed by atoms with Gasteiger partial charge in [0.1, 0.15) is 0 Å². The molecule has 0 saturated carbocycles. The predicted molar refractivity (Wildman–Crippen MR) is 87.2 cm³/mol. The van der Waals surface area contributed by atoms with Gasteiger partial charge in [-0.15, -0.1) is 0 Å². The SMILES string of the molecule is CCc1ccccc1C(Cc1cc(C)ccc1C)NC. The van der Waals surface area contributed by atoms with Crippen molar-refractivity contribution in [2.75, 3.05) is 7.05 Å². The molecule has 2 rings (SSSR count). The molecule has 1 unspecified atom stereocenters. The van der Waals surface area contributed by atoms with Gasteiger partial charge >= 0.3 is 0 Å². The van der Waals surface area contributed by atoms with E-state index in [1.165, 1.54) is 27.8 Å². The number of hydrogen-bond acceptors (Lipinski definition) is 1. The van der Waals surface area contributed by atoms with Crippen molar-refractivity contribution in [1.82, 2.24) is 5.32 Å². The van der Waals surface area contributed by atoms with Crippen molar-refractivity contribution in [3.63, 3.8) is 0 Å². The summed E-state index contributed by atoms with van der Waals surface area (Å²) in [7, 11) is 2.06. The zero-order valence-electron chi connectivity index (χ0n) is 13.0. The summed E-state index contributed by atoms with van der Waals surface area (Å²) in [5, 5.41) is 3.49. The summed E-state index contributed by atoms with van der Waals surface area (Å²) in [6.07, 6.45) is 2.13. The fourth-order valence-corrected chi connectivity index (χ4v) is 2.80. The van der Waals surface area contributed by atoms with Crippen molar-refractivity contribution in [2.45, 2.75) is 39.7 Å². The normalized spacial score (nSPS) is 12.4. The van der Waals surface area contributed by atoms with Crippen LogP contribution in [0, 0.1) is 13.8 Å². The van der Waals surface area contributed by atoms with Crippen LogP contribution >= 0.6 is 0 Å². The average molecular weight is 267 g/mol. The van der Waals surface area contributed by atoms with Crippen molar-refractivity contribution in [2.24, 2.45) is 0 Å². The van der Waals surface area contributed by atoms with Crippen molar-refractivity contribution >= 4 is 0 Å². The summed E-state index contributed by atoms with van der Waals surface area (Å²) in [6, 6.07) is 15.9. The van der Waals surface area contributed by atoms with Gasteiger partial charge in [-0.1, -0.05) is 55.0 Å². The van der Waals surface area contributed by atoms with E-state index in [0.29, 0.717) is 6.04 Å². The maximum Gasteiger partial charge on any atom is 0.0361 e. The molecule has 1 nitrogen and oxygen atoms in total. The molecular formula is C19H25N. The van der Waals surface area contributed by atoms with E-state index in [0.717, 1.165) is 12.8 Å². The second-order valence-electron chi connectivity index (χ2n) is 5.53. The Labute approximate surface area is 123 Å². The highest BCUT2D eigenvalue weighted by atomic mass is 14.9. The Kier molecular flexibility index (Phi) is 4.97. The molecule has 1 atom stereocenters. The molecule has 1 heteroatoms. The largest absolute Gasteiger partial charge is 0.313 e. The molecule has 106 valence electrons. The van der Waals surface area contributed by atoms with Crippen LogP contribution in [0.1, 0.15) is 40.8 Å². The molecule has 0 bridgehead atoms. The molecule has 0 aliphatic carbocycles. The number of hydrogen-bond donors (Lipinski definition) is 1. The molecule has 0 aliphatic rings. The van der Waals surface area contributed by atoms with Gasteiger partial charge in [0.15, 0.2) is 0 Å². The first-order chi connectivity index (χ1) is 9.65. The first-order valence-electron chi connectivity index (χ1n) is 7.47. The third-order valence-electron chi connectivity index (χ3n) is 4.09. The van der Waals surface area contributed by atoms with E-state index < -0.39 is 0 Å². The fraction of sp³-hybridized carbons (Fsp3) is 0.368. The molecule has 1 N–H and O–H groups in total. The zero-order valence-corrected chi connectivity index (χ0v) is 13.0. The van der Waals surface area contributed by atoms with Crippen molar-refractivity contribution in [3.8, 4) is 0 Å². The maximum absolute atomic E-state index is 3.49. The van der Waals surface area contributed by atoms with Crippen LogP contribution in [-0.4, -0.2) is 7.05 Å². The molecule has 0 heterocycles. The van der Waals surface area contributed by atoms with Gasteiger partial charge in [0.2, 0.25) is 0 Å². The van der Waals surface area contributed by atoms with Crippen molar-refractivity contribution in [1.29, 1.82) is 0 Å². The molecule has 0 aliphatic heterocycles. The van der Waals surface area contributed by atoms with Gasteiger partial charge in [-0.05, 0) is 56.0 Å². The van der Waals surface area contributed by atoms with E-state index in [4.69, 9.17) is 0 Å². The van der Waals surface area contributed by atoms with Crippen LogP contribution in [0.15, 0.2) is 42.5 Å². The number of rotatable bonds is 5. The summed E-state index contributed by atoms with van der Waals surface area (Å²) in [5.74, 6) is 0. The van der Waals surface area contributed by atoms with Crippen LogP contribution in [-0.2, 0) is 12.8 Å². The molecular weight excluding hydrogens is 242 g/mol. The standard InChI is InChI=1S/C19H25N/c1-5-16-8-6-7-9-18(16)19(20-4)13-17-12-14(2)10-11-15(17)3/h6-12,19-20H,5,13H2,1-4H3. The second kappa shape index (κ2) is 6.71. The Morgan fingerprint density at radius 2 is 1.75 bits per heavy atom. The first-order valence-corrected chi connectivity index (χ1v) is 7.47. The molecule has 0 radical (unpaired) electrons. The Balaban J connectivity index is 2.31. The van der Waals surface area contributed by atoms with Gasteiger partial charge in [-0.2, -0.15) is 0 Å². The highest BCUT2D eigenvalue weighted by Gasteiger charge is 2.14. The molecule has 0 saturated heterocycles. The summed E-state index contributed by atoms with van der Waals surface area (Å²) in [4.78, 5) is 0. The number of nitrogens with one attached hydrogen (secondary N) is 1. The number of aryl methyl sites for hydroxylation is 3. The van der Waals surface area contributed by atoms with Gasteiger partial charge in [0.05, 0.1) is 0 Å². The van der Waals surface area contributed by atoms with E-state index in [9.17, 15) is 0 Å². The Bertz CT molecular complexity index is 572. The second-order valence-corrected chi connectivity index (χ2v) is 5.53. The van der Waals surface area contributed by atoms with E-state index in [1.807, 2.05) is 0 Å². The first kappa shape index (κ1) is 14.8. The minimum Gasteiger partial charge on any atom is -0.313 e. The van der Waals surface area contributed by atoms with E-state index >= 15 is 0 Å². The quantitative estimate of drug-likeness (QED) is 0.848. The Hall–Kier alpha value is -1.60. The smallest absolute Gasteiger partial charge is 0.0361 e. The van der Waals surface area contributed by atoms with Gasteiger partial charge in [0.25, 0.3) is 0 Å². The molecule has 2 aromatic rings. The Morgan fingerprint density at radius 3 is 2.45 bits per heavy atom. The average Bonchev–Trinajstić information content (AvgIpc) is 2.48. The Morgan fingerprint density at radius 1 is 1.00 bits per heavy atom. The monoisotopic (exact) mass is 267 g/mol. The lowest BCUT2D eigenvalue weighted by molar-refractivity contribution is 0.585. The third-order valence-corrected chi connectivity index (χ3v) is 4.09. The summed E-state index contributed by atoms with van der Waals surface area (Å²) in [5.41, 5.74) is 7.03. The van der Waals surface area contributed by atoms with Gasteiger partial charge in [-0.3, -0.25) is 0 Å². The minimum absolute atomic E-state index is 0.381. The number of likely N-dealkylation sites (N-methyl/N-ethyl adjacent to an activating group) is 1. The van der Waals surface area contributed by atoms with E-state index in [2.05, 4.69) is 75.6 Å². The highest BCUT2D eigenvalue weighted by Crippen LogP contribution is 2.24. The minimum atomic E-state index is 0.381. The predicted octanol–water partition coefficient (Wildman–Crippen LogP) is 4.37. The van der Waals surface area contributed by atoms with E-state index in [1.54, 1.807) is 0 Å². The molecule has 2 aromatic carbocycles. The van der Waals surface area contributed by atoms with Crippen LogP contribution in [0.25, 0.3) is 0 Å². The van der Waals surface area contributed by atoms with Gasteiger partial charge in [-0.25, -0.2) is 0 Å². The van der Waals surface area contributed by atoms with Crippen LogP contribution in [0.4, 0.5) is 0 Å². The van der Waals surface area contributed by atoms with Crippen molar-refractivity contribution in [3.05, 3.63) is 70.3 Å². The van der Waals surface area contributed by atoms with E-state index in [-0.39, 0.29) is 0 Å². The van der Waals surface area contributed by atoms with Crippen LogP contribution in [0.2, 0.25) is 0 Å².